The first-order chi connectivity index (χ1) is 6.27. The van der Waals surface area contributed by atoms with Crippen molar-refractivity contribution in [1.29, 1.82) is 0 Å². The van der Waals surface area contributed by atoms with Crippen LogP contribution in [0.3, 0.4) is 0 Å². The minimum Gasteiger partial charge on any atom is -0.479 e. The largest absolute Gasteiger partial charge is 0.479 e. The number of thioether (sulfide) groups is 1. The molecule has 0 saturated carbocycles. The van der Waals surface area contributed by atoms with E-state index in [0.29, 0.717) is 0 Å². The maximum absolute atomic E-state index is 13.3. The Kier molecular flexibility index (Phi) is 3.11. The molecular weight excluding hydrogens is 207 g/mol. The highest BCUT2D eigenvalue weighted by Gasteiger charge is 2.48. The molecule has 1 fully saturated rings. The van der Waals surface area contributed by atoms with E-state index in [-0.39, 0.29) is 17.6 Å². The predicted octanol–water partition coefficient (Wildman–Crippen LogP) is 1.30. The second kappa shape index (κ2) is 3.70. The summed E-state index contributed by atoms with van der Waals surface area (Å²) in [5.41, 5.74) is -1.92. The van der Waals surface area contributed by atoms with Crippen LogP contribution >= 0.6 is 11.8 Å². The van der Waals surface area contributed by atoms with Crippen LogP contribution in [0.5, 0.6) is 0 Å². The fraction of sp³-hybridized carbons (Fsp3) is 0.889. The second-order valence-corrected chi connectivity index (χ2v) is 5.62. The Bertz CT molecular complexity index is 244. The zero-order valence-electron chi connectivity index (χ0n) is 8.29. The van der Waals surface area contributed by atoms with Crippen molar-refractivity contribution in [3.63, 3.8) is 0 Å². The second-order valence-electron chi connectivity index (χ2n) is 4.64. The standard InChI is InChI=1S/C9H15FO3S/c1-8(2)3-9(13,5-14-4-8)6(10)7(11)12/h6,13H,3-5H2,1-2H3,(H,11,12). The number of aliphatic carboxylic acids is 1. The summed E-state index contributed by atoms with van der Waals surface area (Å²) in [5, 5.41) is 18.4. The lowest BCUT2D eigenvalue weighted by atomic mass is 9.79. The first kappa shape index (κ1) is 11.8. The minimum atomic E-state index is -2.19. The third kappa shape index (κ3) is 2.39. The van der Waals surface area contributed by atoms with E-state index in [1.807, 2.05) is 13.8 Å². The van der Waals surface area contributed by atoms with Crippen molar-refractivity contribution in [3.8, 4) is 0 Å². The van der Waals surface area contributed by atoms with Crippen molar-refractivity contribution in [1.82, 2.24) is 0 Å². The van der Waals surface area contributed by atoms with Gasteiger partial charge in [0.2, 0.25) is 6.17 Å². The number of halogens is 1. The minimum absolute atomic E-state index is 0.157. The van der Waals surface area contributed by atoms with Gasteiger partial charge in [-0.3, -0.25) is 0 Å². The number of carbonyl (C=O) groups is 1. The topological polar surface area (TPSA) is 57.5 Å². The number of hydrogen-bond donors (Lipinski definition) is 2. The number of aliphatic hydroxyl groups is 1. The van der Waals surface area contributed by atoms with E-state index in [0.717, 1.165) is 5.75 Å². The summed E-state index contributed by atoms with van der Waals surface area (Å²) in [6.07, 6.45) is -1.99. The summed E-state index contributed by atoms with van der Waals surface area (Å²) in [4.78, 5) is 10.5. The Balaban J connectivity index is 2.78. The molecule has 14 heavy (non-hydrogen) atoms. The van der Waals surface area contributed by atoms with Gasteiger partial charge in [-0.2, -0.15) is 11.8 Å². The summed E-state index contributed by atoms with van der Waals surface area (Å²) in [7, 11) is 0. The summed E-state index contributed by atoms with van der Waals surface area (Å²) < 4.78 is 13.3. The average Bonchev–Trinajstić information content (AvgIpc) is 2.00. The Morgan fingerprint density at radius 1 is 1.50 bits per heavy atom. The van der Waals surface area contributed by atoms with Crippen LogP contribution < -0.4 is 0 Å². The predicted molar refractivity (Wildman–Crippen MR) is 53.2 cm³/mol. The van der Waals surface area contributed by atoms with Crippen molar-refractivity contribution in [2.24, 2.45) is 5.41 Å². The monoisotopic (exact) mass is 222 g/mol. The van der Waals surface area contributed by atoms with Crippen LogP contribution in [-0.2, 0) is 4.79 Å². The molecule has 2 N–H and O–H groups in total. The lowest BCUT2D eigenvalue weighted by molar-refractivity contribution is -0.154. The van der Waals surface area contributed by atoms with E-state index in [9.17, 15) is 14.3 Å². The van der Waals surface area contributed by atoms with Crippen molar-refractivity contribution in [3.05, 3.63) is 0 Å². The summed E-state index contributed by atoms with van der Waals surface area (Å²) in [6, 6.07) is 0. The Morgan fingerprint density at radius 3 is 2.50 bits per heavy atom. The molecule has 1 heterocycles. The van der Waals surface area contributed by atoms with Gasteiger partial charge in [-0.25, -0.2) is 9.18 Å². The molecule has 2 unspecified atom stereocenters. The summed E-state index contributed by atoms with van der Waals surface area (Å²) >= 11 is 1.40. The van der Waals surface area contributed by atoms with E-state index < -0.39 is 17.7 Å². The van der Waals surface area contributed by atoms with E-state index in [1.165, 1.54) is 11.8 Å². The highest BCUT2D eigenvalue weighted by atomic mass is 32.2. The molecule has 0 spiro atoms. The molecule has 82 valence electrons. The number of rotatable bonds is 2. The highest BCUT2D eigenvalue weighted by molar-refractivity contribution is 7.99. The number of carboxylic acid groups (broad SMARTS) is 1. The molecule has 0 aliphatic carbocycles. The van der Waals surface area contributed by atoms with E-state index in [1.54, 1.807) is 0 Å². The van der Waals surface area contributed by atoms with E-state index in [2.05, 4.69) is 0 Å². The molecule has 3 nitrogen and oxygen atoms in total. The van der Waals surface area contributed by atoms with Crippen LogP contribution in [0.25, 0.3) is 0 Å². The first-order valence-corrected chi connectivity index (χ1v) is 5.59. The van der Waals surface area contributed by atoms with Crippen molar-refractivity contribution in [2.45, 2.75) is 32.0 Å². The fourth-order valence-electron chi connectivity index (χ4n) is 1.83. The van der Waals surface area contributed by atoms with Gasteiger partial charge in [0.15, 0.2) is 0 Å². The third-order valence-electron chi connectivity index (χ3n) is 2.32. The molecule has 0 amide bonds. The van der Waals surface area contributed by atoms with Crippen LogP contribution in [-0.4, -0.2) is 39.5 Å². The van der Waals surface area contributed by atoms with Crippen LogP contribution in [0.1, 0.15) is 20.3 Å². The van der Waals surface area contributed by atoms with Crippen LogP contribution in [0.15, 0.2) is 0 Å². The highest BCUT2D eigenvalue weighted by Crippen LogP contribution is 2.41. The number of alkyl halides is 1. The molecule has 1 aliphatic heterocycles. The molecule has 5 heteroatoms. The number of carboxylic acids is 1. The lowest BCUT2D eigenvalue weighted by Crippen LogP contribution is -2.52. The average molecular weight is 222 g/mol. The molecule has 0 aromatic carbocycles. The summed E-state index contributed by atoms with van der Waals surface area (Å²) in [5.74, 6) is -0.600. The van der Waals surface area contributed by atoms with Gasteiger partial charge < -0.3 is 10.2 Å². The van der Waals surface area contributed by atoms with Crippen molar-refractivity contribution < 1.29 is 19.4 Å². The quantitative estimate of drug-likeness (QED) is 0.739. The van der Waals surface area contributed by atoms with Crippen molar-refractivity contribution >= 4 is 17.7 Å². The van der Waals surface area contributed by atoms with Gasteiger partial charge in [-0.05, 0) is 17.6 Å². The molecule has 0 aromatic heterocycles. The molecule has 2 atom stereocenters. The first-order valence-electron chi connectivity index (χ1n) is 4.44. The summed E-state index contributed by atoms with van der Waals surface area (Å²) in [6.45, 7) is 3.80. The molecule has 0 aromatic rings. The van der Waals surface area contributed by atoms with Gasteiger partial charge >= 0.3 is 5.97 Å². The Morgan fingerprint density at radius 2 is 2.07 bits per heavy atom. The maximum Gasteiger partial charge on any atom is 0.341 e. The van der Waals surface area contributed by atoms with E-state index in [4.69, 9.17) is 5.11 Å². The van der Waals surface area contributed by atoms with Crippen LogP contribution in [0.2, 0.25) is 0 Å². The molecule has 1 aliphatic rings. The smallest absolute Gasteiger partial charge is 0.341 e. The molecule has 0 bridgehead atoms. The van der Waals surface area contributed by atoms with Gasteiger partial charge in [0.1, 0.15) is 5.60 Å². The van der Waals surface area contributed by atoms with Crippen molar-refractivity contribution in [2.75, 3.05) is 11.5 Å². The normalized spacial score (nSPS) is 33.7. The van der Waals surface area contributed by atoms with Gasteiger partial charge in [0.25, 0.3) is 0 Å². The van der Waals surface area contributed by atoms with E-state index >= 15 is 0 Å². The van der Waals surface area contributed by atoms with Gasteiger partial charge in [0, 0.05) is 5.75 Å². The third-order valence-corrected chi connectivity index (χ3v) is 4.01. The lowest BCUT2D eigenvalue weighted by Gasteiger charge is -2.41. The Labute approximate surface area is 86.7 Å². The van der Waals surface area contributed by atoms with Gasteiger partial charge in [0.05, 0.1) is 0 Å². The zero-order chi connectivity index (χ0) is 11.0. The Hall–Kier alpha value is -0.290. The molecular formula is C9H15FO3S. The van der Waals surface area contributed by atoms with Gasteiger partial charge in [-0.1, -0.05) is 13.8 Å². The molecule has 0 radical (unpaired) electrons. The fourth-order valence-corrected chi connectivity index (χ4v) is 3.19. The van der Waals surface area contributed by atoms with Crippen LogP contribution in [0.4, 0.5) is 4.39 Å². The maximum atomic E-state index is 13.3. The van der Waals surface area contributed by atoms with Crippen LogP contribution in [0, 0.1) is 5.41 Å². The number of hydrogen-bond acceptors (Lipinski definition) is 3. The zero-order valence-corrected chi connectivity index (χ0v) is 9.10. The SMILES string of the molecule is CC1(C)CSCC(O)(C(F)C(=O)O)C1. The van der Waals surface area contributed by atoms with Gasteiger partial charge in [-0.15, -0.1) is 0 Å². The molecule has 1 rings (SSSR count). The molecule has 1 saturated heterocycles.